The Morgan fingerprint density at radius 3 is 3.00 bits per heavy atom. The SMILES string of the molecule is C=CCOc1cc(O[C@@H]2CCCCO2)ccc1C=O. The third-order valence-corrected chi connectivity index (χ3v) is 2.87. The maximum Gasteiger partial charge on any atom is 0.199 e. The number of aldehydes is 1. The number of hydrogen-bond acceptors (Lipinski definition) is 4. The zero-order valence-electron chi connectivity index (χ0n) is 10.8. The van der Waals surface area contributed by atoms with Crippen LogP contribution in [0.1, 0.15) is 29.6 Å². The van der Waals surface area contributed by atoms with E-state index in [1.165, 1.54) is 0 Å². The second kappa shape index (κ2) is 6.95. The first kappa shape index (κ1) is 13.6. The van der Waals surface area contributed by atoms with E-state index in [1.807, 2.05) is 0 Å². The van der Waals surface area contributed by atoms with Crippen LogP contribution in [0, 0.1) is 0 Å². The van der Waals surface area contributed by atoms with E-state index < -0.39 is 0 Å². The Morgan fingerprint density at radius 2 is 2.32 bits per heavy atom. The van der Waals surface area contributed by atoms with Crippen molar-refractivity contribution in [2.24, 2.45) is 0 Å². The first-order valence-electron chi connectivity index (χ1n) is 6.44. The summed E-state index contributed by atoms with van der Waals surface area (Å²) in [6, 6.07) is 5.15. The van der Waals surface area contributed by atoms with Crippen molar-refractivity contribution < 1.29 is 19.0 Å². The quantitative estimate of drug-likeness (QED) is 0.584. The van der Waals surface area contributed by atoms with Gasteiger partial charge in [0.1, 0.15) is 18.1 Å². The van der Waals surface area contributed by atoms with Crippen LogP contribution in [-0.4, -0.2) is 25.8 Å². The summed E-state index contributed by atoms with van der Waals surface area (Å²) in [4.78, 5) is 10.9. The van der Waals surface area contributed by atoms with Crippen molar-refractivity contribution >= 4 is 6.29 Å². The predicted octanol–water partition coefficient (Wildman–Crippen LogP) is 2.97. The van der Waals surface area contributed by atoms with Crippen molar-refractivity contribution in [1.29, 1.82) is 0 Å². The highest BCUT2D eigenvalue weighted by atomic mass is 16.7. The van der Waals surface area contributed by atoms with E-state index in [2.05, 4.69) is 6.58 Å². The highest BCUT2D eigenvalue weighted by molar-refractivity contribution is 5.79. The summed E-state index contributed by atoms with van der Waals surface area (Å²) in [5.41, 5.74) is 0.499. The van der Waals surface area contributed by atoms with Gasteiger partial charge in [0, 0.05) is 12.5 Å². The van der Waals surface area contributed by atoms with Gasteiger partial charge in [-0.3, -0.25) is 4.79 Å². The van der Waals surface area contributed by atoms with Crippen LogP contribution in [0.25, 0.3) is 0 Å². The van der Waals surface area contributed by atoms with Crippen molar-refractivity contribution in [2.45, 2.75) is 25.6 Å². The Labute approximate surface area is 113 Å². The molecule has 0 radical (unpaired) electrons. The molecule has 0 bridgehead atoms. The lowest BCUT2D eigenvalue weighted by molar-refractivity contribution is -0.105. The van der Waals surface area contributed by atoms with Crippen LogP contribution in [0.4, 0.5) is 0 Å². The van der Waals surface area contributed by atoms with Crippen LogP contribution in [0.3, 0.4) is 0 Å². The van der Waals surface area contributed by atoms with Crippen LogP contribution in [0.2, 0.25) is 0 Å². The molecule has 1 aromatic carbocycles. The van der Waals surface area contributed by atoms with E-state index in [9.17, 15) is 4.79 Å². The highest BCUT2D eigenvalue weighted by Crippen LogP contribution is 2.26. The topological polar surface area (TPSA) is 44.8 Å². The van der Waals surface area contributed by atoms with Crippen LogP contribution in [0.15, 0.2) is 30.9 Å². The molecule has 0 amide bonds. The Kier molecular flexibility index (Phi) is 4.98. The van der Waals surface area contributed by atoms with E-state index >= 15 is 0 Å². The molecule has 0 spiro atoms. The van der Waals surface area contributed by atoms with Gasteiger partial charge in [-0.2, -0.15) is 0 Å². The molecule has 4 nitrogen and oxygen atoms in total. The number of benzene rings is 1. The minimum atomic E-state index is -0.205. The molecule has 1 saturated heterocycles. The zero-order valence-corrected chi connectivity index (χ0v) is 10.8. The van der Waals surface area contributed by atoms with Crippen molar-refractivity contribution in [3.63, 3.8) is 0 Å². The smallest absolute Gasteiger partial charge is 0.199 e. The molecule has 1 heterocycles. The fourth-order valence-corrected chi connectivity index (χ4v) is 1.91. The number of rotatable bonds is 6. The minimum Gasteiger partial charge on any atom is -0.489 e. The van der Waals surface area contributed by atoms with Crippen molar-refractivity contribution in [3.8, 4) is 11.5 Å². The molecule has 1 fully saturated rings. The lowest BCUT2D eigenvalue weighted by atomic mass is 10.2. The van der Waals surface area contributed by atoms with Crippen LogP contribution in [0.5, 0.6) is 11.5 Å². The summed E-state index contributed by atoms with van der Waals surface area (Å²) in [7, 11) is 0. The molecule has 19 heavy (non-hydrogen) atoms. The molecular formula is C15H18O4. The van der Waals surface area contributed by atoms with Gasteiger partial charge < -0.3 is 14.2 Å². The number of carbonyl (C=O) groups excluding carboxylic acids is 1. The van der Waals surface area contributed by atoms with Gasteiger partial charge in [0.15, 0.2) is 12.6 Å². The third-order valence-electron chi connectivity index (χ3n) is 2.87. The Bertz CT molecular complexity index is 436. The standard InChI is InChI=1S/C15H18O4/c1-2-8-17-14-10-13(7-6-12(14)11-16)19-15-5-3-4-9-18-15/h2,6-7,10-11,15H,1,3-5,8-9H2/t15-/m1/s1. The second-order valence-electron chi connectivity index (χ2n) is 4.33. The molecule has 0 aliphatic carbocycles. The normalized spacial score (nSPS) is 18.6. The van der Waals surface area contributed by atoms with Crippen LogP contribution in [-0.2, 0) is 4.74 Å². The zero-order chi connectivity index (χ0) is 13.5. The highest BCUT2D eigenvalue weighted by Gasteiger charge is 2.16. The van der Waals surface area contributed by atoms with Crippen molar-refractivity contribution in [3.05, 3.63) is 36.4 Å². The van der Waals surface area contributed by atoms with Gasteiger partial charge in [0.05, 0.1) is 12.2 Å². The van der Waals surface area contributed by atoms with Gasteiger partial charge in [-0.05, 0) is 25.0 Å². The molecule has 1 aliphatic heterocycles. The van der Waals surface area contributed by atoms with Crippen LogP contribution >= 0.6 is 0 Å². The largest absolute Gasteiger partial charge is 0.489 e. The second-order valence-corrected chi connectivity index (χ2v) is 4.33. The number of carbonyl (C=O) groups is 1. The molecule has 0 N–H and O–H groups in total. The predicted molar refractivity (Wildman–Crippen MR) is 71.7 cm³/mol. The summed E-state index contributed by atoms with van der Waals surface area (Å²) in [5.74, 6) is 1.15. The van der Waals surface area contributed by atoms with Gasteiger partial charge in [0.2, 0.25) is 0 Å². The minimum absolute atomic E-state index is 0.205. The number of ether oxygens (including phenoxy) is 3. The summed E-state index contributed by atoms with van der Waals surface area (Å²) >= 11 is 0. The van der Waals surface area contributed by atoms with E-state index in [1.54, 1.807) is 24.3 Å². The first-order valence-corrected chi connectivity index (χ1v) is 6.44. The maximum atomic E-state index is 10.9. The fourth-order valence-electron chi connectivity index (χ4n) is 1.91. The fraction of sp³-hybridized carbons (Fsp3) is 0.400. The first-order chi connectivity index (χ1) is 9.33. The average Bonchev–Trinajstić information content (AvgIpc) is 2.46. The molecular weight excluding hydrogens is 244 g/mol. The summed E-state index contributed by atoms with van der Waals surface area (Å²) in [6.45, 7) is 4.67. The van der Waals surface area contributed by atoms with Gasteiger partial charge >= 0.3 is 0 Å². The lowest BCUT2D eigenvalue weighted by Crippen LogP contribution is -2.25. The Hall–Kier alpha value is -1.81. The molecule has 4 heteroatoms. The molecule has 1 aliphatic rings. The summed E-state index contributed by atoms with van der Waals surface area (Å²) in [5, 5.41) is 0. The Balaban J connectivity index is 2.07. The number of hydrogen-bond donors (Lipinski definition) is 0. The summed E-state index contributed by atoms with van der Waals surface area (Å²) in [6.07, 6.45) is 5.27. The van der Waals surface area contributed by atoms with Gasteiger partial charge in [-0.15, -0.1) is 0 Å². The van der Waals surface area contributed by atoms with Crippen molar-refractivity contribution in [2.75, 3.05) is 13.2 Å². The maximum absolute atomic E-state index is 10.9. The Morgan fingerprint density at radius 1 is 1.42 bits per heavy atom. The van der Waals surface area contributed by atoms with E-state index in [0.717, 1.165) is 32.2 Å². The molecule has 0 aromatic heterocycles. The van der Waals surface area contributed by atoms with Gasteiger partial charge in [-0.25, -0.2) is 0 Å². The van der Waals surface area contributed by atoms with E-state index in [0.29, 0.717) is 23.7 Å². The molecule has 102 valence electrons. The van der Waals surface area contributed by atoms with Crippen LogP contribution < -0.4 is 9.47 Å². The van der Waals surface area contributed by atoms with E-state index in [-0.39, 0.29) is 6.29 Å². The molecule has 1 aromatic rings. The monoisotopic (exact) mass is 262 g/mol. The molecule has 0 saturated carbocycles. The molecule has 2 rings (SSSR count). The van der Waals surface area contributed by atoms with Gasteiger partial charge in [0.25, 0.3) is 0 Å². The van der Waals surface area contributed by atoms with E-state index in [4.69, 9.17) is 14.2 Å². The van der Waals surface area contributed by atoms with Crippen molar-refractivity contribution in [1.82, 2.24) is 0 Å². The van der Waals surface area contributed by atoms with Gasteiger partial charge in [-0.1, -0.05) is 12.7 Å². The average molecular weight is 262 g/mol. The summed E-state index contributed by atoms with van der Waals surface area (Å²) < 4.78 is 16.7. The third kappa shape index (κ3) is 3.83. The lowest BCUT2D eigenvalue weighted by Gasteiger charge is -2.23. The molecule has 1 atom stereocenters. The molecule has 0 unspecified atom stereocenters.